The smallest absolute Gasteiger partial charge is 0 e. The summed E-state index contributed by atoms with van der Waals surface area (Å²) in [5.41, 5.74) is 0. The molecule has 0 aliphatic heterocycles. The van der Waals surface area contributed by atoms with Crippen LogP contribution in [0.3, 0.4) is 0 Å². The Morgan fingerprint density at radius 1 is 1.00 bits per heavy atom. The molecule has 0 aliphatic carbocycles. The molecule has 0 amide bonds. The molecular weight excluding hydrogens is 545 g/mol. The maximum atomic E-state index is 0. The zero-order valence-electron chi connectivity index (χ0n) is 2.02. The van der Waals surface area contributed by atoms with Crippen LogP contribution in [0.1, 0.15) is 0 Å². The Morgan fingerprint density at radius 3 is 1.00 bits per heavy atom. The third-order valence-electron chi connectivity index (χ3n) is 0. The molecule has 0 unspecified atom stereocenters. The molecule has 2 radical (unpaired) electrons. The van der Waals surface area contributed by atoms with Gasteiger partial charge >= 0.3 is 23.9 Å². The summed E-state index contributed by atoms with van der Waals surface area (Å²) in [6, 6.07) is 0. The predicted octanol–water partition coefficient (Wildman–Crippen LogP) is -3.56. The van der Waals surface area contributed by atoms with E-state index < -0.39 is 0 Å². The molecule has 0 aromatic carbocycles. The van der Waals surface area contributed by atoms with Crippen molar-refractivity contribution in [3.8, 4) is 0 Å². The van der Waals surface area contributed by atoms with Crippen molar-refractivity contribution in [1.29, 1.82) is 0 Å². The van der Waals surface area contributed by atoms with E-state index in [2.05, 4.69) is 0 Å². The molecule has 0 nitrogen and oxygen atoms in total. The second kappa shape index (κ2) is 37.0. The first-order valence-electron chi connectivity index (χ1n) is 0. The fourth-order valence-electron chi connectivity index (χ4n) is 0. The maximum absolute atomic E-state index is 0. The van der Waals surface area contributed by atoms with Gasteiger partial charge in [-0.15, -0.1) is 0 Å². The molecule has 6 heavy (non-hydrogen) atoms. The van der Waals surface area contributed by atoms with Crippen LogP contribution in [0.5, 0.6) is 0 Å². The summed E-state index contributed by atoms with van der Waals surface area (Å²) in [6.45, 7) is 0. The van der Waals surface area contributed by atoms with Gasteiger partial charge in [0.25, 0.3) is 0 Å². The van der Waals surface area contributed by atoms with Crippen molar-refractivity contribution in [3.05, 3.63) is 0 Å². The Bertz CT molecular complexity index is 15.5. The van der Waals surface area contributed by atoms with Crippen molar-refractivity contribution in [2.24, 2.45) is 0 Å². The molecule has 36 valence electrons. The minimum Gasteiger partial charge on any atom is 0 e. The van der Waals surface area contributed by atoms with Crippen LogP contribution in [-0.4, -0.2) is 52.2 Å². The van der Waals surface area contributed by atoms with E-state index in [-0.39, 0.29) is 121 Å². The minimum absolute atomic E-state index is 0. The third-order valence-corrected chi connectivity index (χ3v) is 0. The second-order valence-electron chi connectivity index (χ2n) is 0. The summed E-state index contributed by atoms with van der Waals surface area (Å²) >= 11 is 0. The van der Waals surface area contributed by atoms with E-state index in [1.807, 2.05) is 0 Å². The van der Waals surface area contributed by atoms with Crippen LogP contribution in [0.2, 0.25) is 0 Å². The van der Waals surface area contributed by atoms with Gasteiger partial charge in [0.05, 0.1) is 0 Å². The standard InChI is InChI=1S/Al.Mo.H4Si.Sn.W.Zr.5H/h;;1H4;;;;;;;;. The van der Waals surface area contributed by atoms with Crippen molar-refractivity contribution in [2.75, 3.05) is 0 Å². The molecule has 0 heterocycles. The van der Waals surface area contributed by atoms with Crippen molar-refractivity contribution >= 4 is 52.2 Å². The van der Waals surface area contributed by atoms with Crippen LogP contribution >= 0.6 is 0 Å². The molecule has 0 aromatic rings. The summed E-state index contributed by atoms with van der Waals surface area (Å²) in [5, 5.41) is 0. The SMILES string of the molecule is [AlH3].[Mo].[SiH4].[SnH2].[W].[Zr]. The van der Waals surface area contributed by atoms with Crippen LogP contribution in [0, 0.1) is 0 Å². The normalized spacial score (nSPS) is 0. The first-order chi connectivity index (χ1) is 0. The van der Waals surface area contributed by atoms with Crippen LogP contribution < -0.4 is 0 Å². The Balaban J connectivity index is 0. The van der Waals surface area contributed by atoms with Crippen molar-refractivity contribution < 1.29 is 68.3 Å². The fraction of sp³-hybridized carbons (Fsp3) is 0. The van der Waals surface area contributed by atoms with E-state index in [0.717, 1.165) is 0 Å². The van der Waals surface area contributed by atoms with Crippen LogP contribution in [0.25, 0.3) is 0 Å². The van der Waals surface area contributed by atoms with Gasteiger partial charge in [-0.25, -0.2) is 0 Å². The van der Waals surface area contributed by atoms with Crippen molar-refractivity contribution in [2.45, 2.75) is 0 Å². The Kier molecular flexibility index (Phi) is 324. The third kappa shape index (κ3) is 25.0. The summed E-state index contributed by atoms with van der Waals surface area (Å²) in [7, 11) is 0. The Morgan fingerprint density at radius 2 is 1.00 bits per heavy atom. The molecule has 0 fully saturated rings. The number of hydrogen-bond acceptors (Lipinski definition) is 0. The van der Waals surface area contributed by atoms with Gasteiger partial charge in [-0.05, 0) is 11.0 Å². The van der Waals surface area contributed by atoms with E-state index >= 15 is 0 Å². The van der Waals surface area contributed by atoms with Gasteiger partial charge in [0, 0.05) is 68.3 Å². The van der Waals surface area contributed by atoms with Gasteiger partial charge in [-0.1, -0.05) is 0 Å². The van der Waals surface area contributed by atoms with Gasteiger partial charge in [-0.2, -0.15) is 0 Å². The zero-order valence-corrected chi connectivity index (χ0v) is 13.5. The van der Waals surface area contributed by atoms with Gasteiger partial charge in [0.15, 0.2) is 17.4 Å². The Hall–Kier alpha value is 3.81. The van der Waals surface area contributed by atoms with Crippen LogP contribution in [-0.2, 0) is 68.3 Å². The minimum atomic E-state index is 0. The second-order valence-corrected chi connectivity index (χ2v) is 0. The average Bonchev–Trinajstić information content (AvgIpc) is 0. The first kappa shape index (κ1) is 52.5. The summed E-state index contributed by atoms with van der Waals surface area (Å²) in [6.07, 6.45) is 0. The molecular formula is H9AlMoSiSnWZr. The molecule has 0 aromatic heterocycles. The van der Waals surface area contributed by atoms with Crippen molar-refractivity contribution in [3.63, 3.8) is 0 Å². The van der Waals surface area contributed by atoms with E-state index in [1.165, 1.54) is 0 Å². The van der Waals surface area contributed by atoms with Crippen molar-refractivity contribution in [1.82, 2.24) is 0 Å². The van der Waals surface area contributed by atoms with Crippen LogP contribution in [0.4, 0.5) is 0 Å². The average molecular weight is 554 g/mol. The van der Waals surface area contributed by atoms with Gasteiger partial charge in [-0.3, -0.25) is 0 Å². The molecule has 0 spiro atoms. The maximum Gasteiger partial charge on any atom is 0 e. The topological polar surface area (TPSA) is 0 Å². The molecule has 0 N–H and O–H groups in total. The largest absolute Gasteiger partial charge is 0 e. The summed E-state index contributed by atoms with van der Waals surface area (Å²) in [4.78, 5) is 0. The number of rotatable bonds is 0. The molecule has 0 saturated heterocycles. The molecule has 0 bridgehead atoms. The van der Waals surface area contributed by atoms with Gasteiger partial charge in [0.1, 0.15) is 0 Å². The van der Waals surface area contributed by atoms with E-state index in [4.69, 9.17) is 0 Å². The molecule has 6 heteroatoms. The van der Waals surface area contributed by atoms with Gasteiger partial charge in [0.2, 0.25) is 0 Å². The zero-order chi connectivity index (χ0) is 0. The van der Waals surface area contributed by atoms with E-state index in [9.17, 15) is 0 Å². The monoisotopic (exact) mass is 556 g/mol. The van der Waals surface area contributed by atoms with Crippen LogP contribution in [0.15, 0.2) is 0 Å². The quantitative estimate of drug-likeness (QED) is 0.273. The summed E-state index contributed by atoms with van der Waals surface area (Å²) < 4.78 is 0. The summed E-state index contributed by atoms with van der Waals surface area (Å²) in [5.74, 6) is 0. The molecule has 0 atom stereocenters. The molecule has 0 aliphatic rings. The van der Waals surface area contributed by atoms with E-state index in [1.54, 1.807) is 0 Å². The number of hydrogen-bond donors (Lipinski definition) is 0. The fourth-order valence-corrected chi connectivity index (χ4v) is 0. The predicted molar refractivity (Wildman–Crippen MR) is 29.8 cm³/mol. The molecule has 0 rings (SSSR count). The first-order valence-corrected chi connectivity index (χ1v) is 0. The molecule has 0 saturated carbocycles. The Labute approximate surface area is 118 Å². The van der Waals surface area contributed by atoms with Gasteiger partial charge < -0.3 is 0 Å². The van der Waals surface area contributed by atoms with E-state index in [0.29, 0.717) is 0 Å².